The van der Waals surface area contributed by atoms with Crippen LogP contribution in [0, 0.1) is 0 Å². The SMILES string of the molecule is COc1cc(CNC(=O)CNC(=O)Cc2cccc3ccccc23)cc(OC)c1OC. The number of carbonyl (C=O) groups is 2. The van der Waals surface area contributed by atoms with Gasteiger partial charge in [0.1, 0.15) is 0 Å². The highest BCUT2D eigenvalue weighted by molar-refractivity contribution is 5.91. The molecule has 0 saturated carbocycles. The van der Waals surface area contributed by atoms with Crippen molar-refractivity contribution in [2.75, 3.05) is 27.9 Å². The van der Waals surface area contributed by atoms with Crippen molar-refractivity contribution in [2.45, 2.75) is 13.0 Å². The molecule has 0 aromatic heterocycles. The van der Waals surface area contributed by atoms with Crippen LogP contribution in [0.4, 0.5) is 0 Å². The van der Waals surface area contributed by atoms with Crippen LogP contribution in [-0.4, -0.2) is 39.7 Å². The van der Waals surface area contributed by atoms with Gasteiger partial charge < -0.3 is 24.8 Å². The van der Waals surface area contributed by atoms with Crippen molar-refractivity contribution in [1.82, 2.24) is 10.6 Å². The quantitative estimate of drug-likeness (QED) is 0.554. The van der Waals surface area contributed by atoms with Gasteiger partial charge >= 0.3 is 0 Å². The lowest BCUT2D eigenvalue weighted by Gasteiger charge is -2.14. The molecule has 3 aromatic carbocycles. The maximum atomic E-state index is 12.3. The number of carbonyl (C=O) groups excluding carboxylic acids is 2. The van der Waals surface area contributed by atoms with Crippen LogP contribution < -0.4 is 24.8 Å². The molecule has 0 bridgehead atoms. The third kappa shape index (κ3) is 5.45. The van der Waals surface area contributed by atoms with E-state index < -0.39 is 0 Å². The van der Waals surface area contributed by atoms with Crippen molar-refractivity contribution in [3.05, 3.63) is 65.7 Å². The van der Waals surface area contributed by atoms with Crippen LogP contribution >= 0.6 is 0 Å². The summed E-state index contributed by atoms with van der Waals surface area (Å²) in [4.78, 5) is 24.5. The van der Waals surface area contributed by atoms with Crippen molar-refractivity contribution < 1.29 is 23.8 Å². The number of fused-ring (bicyclic) bond motifs is 1. The van der Waals surface area contributed by atoms with E-state index in [9.17, 15) is 9.59 Å². The number of nitrogens with one attached hydrogen (secondary N) is 2. The lowest BCUT2D eigenvalue weighted by atomic mass is 10.0. The number of benzene rings is 3. The van der Waals surface area contributed by atoms with Gasteiger partial charge in [-0.3, -0.25) is 9.59 Å². The van der Waals surface area contributed by atoms with Crippen molar-refractivity contribution in [3.63, 3.8) is 0 Å². The minimum atomic E-state index is -0.292. The predicted octanol–water partition coefficient (Wildman–Crippen LogP) is 2.84. The molecule has 0 aliphatic rings. The second kappa shape index (κ2) is 10.3. The molecule has 2 amide bonds. The average molecular weight is 422 g/mol. The standard InChI is InChI=1S/C24H26N2O5/c1-29-20-11-16(12-21(30-2)24(20)31-3)14-25-23(28)15-26-22(27)13-18-9-6-8-17-7-4-5-10-19(17)18/h4-12H,13-15H2,1-3H3,(H,25,28)(H,26,27). The van der Waals surface area contributed by atoms with E-state index in [0.717, 1.165) is 21.9 Å². The lowest BCUT2D eigenvalue weighted by Crippen LogP contribution is -2.37. The molecule has 3 aromatic rings. The first-order chi connectivity index (χ1) is 15.0. The van der Waals surface area contributed by atoms with Gasteiger partial charge in [-0.1, -0.05) is 42.5 Å². The van der Waals surface area contributed by atoms with Crippen molar-refractivity contribution in [3.8, 4) is 17.2 Å². The average Bonchev–Trinajstić information content (AvgIpc) is 2.80. The molecule has 0 fully saturated rings. The molecule has 0 unspecified atom stereocenters. The Hall–Kier alpha value is -3.74. The van der Waals surface area contributed by atoms with Gasteiger partial charge in [-0.05, 0) is 34.0 Å². The topological polar surface area (TPSA) is 85.9 Å². The van der Waals surface area contributed by atoms with E-state index in [0.29, 0.717) is 17.2 Å². The maximum absolute atomic E-state index is 12.3. The second-order valence-corrected chi connectivity index (χ2v) is 6.90. The third-order valence-corrected chi connectivity index (χ3v) is 4.89. The molecule has 0 aliphatic heterocycles. The summed E-state index contributed by atoms with van der Waals surface area (Å²) in [6.07, 6.45) is 0.210. The van der Waals surface area contributed by atoms with Crippen molar-refractivity contribution >= 4 is 22.6 Å². The predicted molar refractivity (Wildman–Crippen MR) is 119 cm³/mol. The van der Waals surface area contributed by atoms with Gasteiger partial charge in [-0.15, -0.1) is 0 Å². The van der Waals surface area contributed by atoms with Gasteiger partial charge in [-0.2, -0.15) is 0 Å². The molecular weight excluding hydrogens is 396 g/mol. The van der Waals surface area contributed by atoms with Crippen LogP contribution in [0.5, 0.6) is 17.2 Å². The van der Waals surface area contributed by atoms with Crippen LogP contribution in [0.1, 0.15) is 11.1 Å². The van der Waals surface area contributed by atoms with Crippen LogP contribution in [0.2, 0.25) is 0 Å². The molecule has 0 atom stereocenters. The van der Waals surface area contributed by atoms with Gasteiger partial charge in [0.25, 0.3) is 0 Å². The Morgan fingerprint density at radius 2 is 1.48 bits per heavy atom. The highest BCUT2D eigenvalue weighted by Crippen LogP contribution is 2.38. The summed E-state index contributed by atoms with van der Waals surface area (Å²) < 4.78 is 15.9. The zero-order chi connectivity index (χ0) is 22.2. The van der Waals surface area contributed by atoms with Gasteiger partial charge in [-0.25, -0.2) is 0 Å². The Labute approximate surface area is 181 Å². The van der Waals surface area contributed by atoms with Gasteiger partial charge in [0.05, 0.1) is 34.3 Å². The Morgan fingerprint density at radius 3 is 2.16 bits per heavy atom. The summed E-state index contributed by atoms with van der Waals surface area (Å²) in [5, 5.41) is 7.57. The second-order valence-electron chi connectivity index (χ2n) is 6.90. The molecule has 3 rings (SSSR count). The van der Waals surface area contributed by atoms with E-state index in [2.05, 4.69) is 10.6 Å². The molecule has 0 saturated heterocycles. The number of hydrogen-bond acceptors (Lipinski definition) is 5. The van der Waals surface area contributed by atoms with Gasteiger partial charge in [0, 0.05) is 6.54 Å². The number of rotatable bonds is 9. The molecule has 0 radical (unpaired) electrons. The van der Waals surface area contributed by atoms with E-state index in [1.165, 1.54) is 21.3 Å². The fourth-order valence-electron chi connectivity index (χ4n) is 3.36. The highest BCUT2D eigenvalue weighted by atomic mass is 16.5. The van der Waals surface area contributed by atoms with Crippen LogP contribution in [0.3, 0.4) is 0 Å². The Bertz CT molecular complexity index is 1050. The normalized spacial score (nSPS) is 10.4. The summed E-state index contributed by atoms with van der Waals surface area (Å²) >= 11 is 0. The molecular formula is C24H26N2O5. The molecule has 0 heterocycles. The molecule has 2 N–H and O–H groups in total. The Morgan fingerprint density at radius 1 is 0.806 bits per heavy atom. The number of ether oxygens (including phenoxy) is 3. The number of methoxy groups -OCH3 is 3. The number of amides is 2. The largest absolute Gasteiger partial charge is 0.493 e. The summed E-state index contributed by atoms with van der Waals surface area (Å²) in [6.45, 7) is 0.156. The maximum Gasteiger partial charge on any atom is 0.239 e. The Balaban J connectivity index is 1.54. The molecule has 7 heteroatoms. The molecule has 7 nitrogen and oxygen atoms in total. The third-order valence-electron chi connectivity index (χ3n) is 4.89. The number of hydrogen-bond donors (Lipinski definition) is 2. The van der Waals surface area contributed by atoms with Crippen LogP contribution in [-0.2, 0) is 22.6 Å². The first kappa shape index (κ1) is 22.0. The molecule has 162 valence electrons. The smallest absolute Gasteiger partial charge is 0.239 e. The lowest BCUT2D eigenvalue weighted by molar-refractivity contribution is -0.125. The molecule has 0 aliphatic carbocycles. The zero-order valence-corrected chi connectivity index (χ0v) is 17.9. The van der Waals surface area contributed by atoms with E-state index >= 15 is 0 Å². The highest BCUT2D eigenvalue weighted by Gasteiger charge is 2.14. The van der Waals surface area contributed by atoms with Crippen LogP contribution in [0.25, 0.3) is 10.8 Å². The molecule has 0 spiro atoms. The first-order valence-corrected chi connectivity index (χ1v) is 9.84. The van der Waals surface area contributed by atoms with E-state index in [1.54, 1.807) is 12.1 Å². The van der Waals surface area contributed by atoms with Crippen molar-refractivity contribution in [2.24, 2.45) is 0 Å². The summed E-state index contributed by atoms with van der Waals surface area (Å²) in [5.74, 6) is 1.00. The first-order valence-electron chi connectivity index (χ1n) is 9.84. The van der Waals surface area contributed by atoms with Gasteiger partial charge in [0.15, 0.2) is 11.5 Å². The minimum absolute atomic E-state index is 0.103. The monoisotopic (exact) mass is 422 g/mol. The summed E-state index contributed by atoms with van der Waals surface area (Å²) in [5.41, 5.74) is 1.71. The van der Waals surface area contributed by atoms with E-state index in [-0.39, 0.29) is 31.3 Å². The minimum Gasteiger partial charge on any atom is -0.493 e. The van der Waals surface area contributed by atoms with Crippen LogP contribution in [0.15, 0.2) is 54.6 Å². The fourth-order valence-corrected chi connectivity index (χ4v) is 3.36. The van der Waals surface area contributed by atoms with Crippen molar-refractivity contribution in [1.29, 1.82) is 0 Å². The fraction of sp³-hybridized carbons (Fsp3) is 0.250. The summed E-state index contributed by atoms with van der Waals surface area (Å²) in [6, 6.07) is 17.3. The molecule has 31 heavy (non-hydrogen) atoms. The Kier molecular flexibility index (Phi) is 7.32. The van der Waals surface area contributed by atoms with E-state index in [4.69, 9.17) is 14.2 Å². The zero-order valence-electron chi connectivity index (χ0n) is 17.9. The summed E-state index contributed by atoms with van der Waals surface area (Å²) in [7, 11) is 4.60. The van der Waals surface area contributed by atoms with E-state index in [1.807, 2.05) is 42.5 Å². The van der Waals surface area contributed by atoms with Gasteiger partial charge in [0.2, 0.25) is 17.6 Å².